The molecule has 0 unspecified atom stereocenters. The highest BCUT2D eigenvalue weighted by atomic mass is 16.7. The number of esters is 1. The normalized spacial score (nSPS) is 49.1. The van der Waals surface area contributed by atoms with Crippen molar-refractivity contribution in [2.24, 2.45) is 22.7 Å². The van der Waals surface area contributed by atoms with Gasteiger partial charge in [0.1, 0.15) is 41.2 Å². The molecule has 16 nitrogen and oxygen atoms in total. The largest absolute Gasteiger partial charge is 0.458 e. The molecule has 0 aromatic rings. The van der Waals surface area contributed by atoms with E-state index in [0.29, 0.717) is 38.5 Å². The van der Waals surface area contributed by atoms with Crippen LogP contribution < -0.4 is 0 Å². The molecule has 7 aliphatic rings. The molecule has 4 N–H and O–H groups in total. The third-order valence-electron chi connectivity index (χ3n) is 17.4. The number of aliphatic hydroxyl groups excluding tert-OH is 1. The summed E-state index contributed by atoms with van der Waals surface area (Å²) >= 11 is 0. The quantitative estimate of drug-likeness (QED) is 0.113. The van der Waals surface area contributed by atoms with E-state index in [4.69, 9.17) is 47.4 Å². The Bertz CT molecular complexity index is 1790. The zero-order valence-electron chi connectivity index (χ0n) is 40.7. The summed E-state index contributed by atoms with van der Waals surface area (Å²) in [6.45, 7) is 16.4. The number of methoxy groups -OCH3 is 3. The molecular weight excluding hydrogens is 845 g/mol. The molecule has 0 aromatic carbocycles. The number of allylic oxidation sites excluding steroid dienone is 1. The predicted octanol–water partition coefficient (Wildman–Crippen LogP) is 4.59. The van der Waals surface area contributed by atoms with Gasteiger partial charge < -0.3 is 67.8 Å². The fourth-order valence-electron chi connectivity index (χ4n) is 12.9. The van der Waals surface area contributed by atoms with Crippen molar-refractivity contribution in [3.63, 3.8) is 0 Å². The standard InChI is InChI=1S/C49H78O16/c1-25(2)26(3)19-38(51)63-37-24-36-45(8)15-14-32(20-31(45)13-16-48(36,54)49(55)18-17-47(53,30(7)50)46(37,49)9)62-39-22-34(57-11)43(28(5)60-39)65-41-23-35(58-12)44(29(6)61-41)64-40-21-33(56-10)42(52)27(4)59-40/h13,19,25,27-29,32-37,39-44,52-55H,14-18,20-24H2,1-12H3/b26-19+/t27-,28+,29+,32+,33+,34+,35+,36+,37-,39+,40-,41+,42+,43-,44-,45+,46-,47-,48-,49-/m1/s1. The Morgan fingerprint density at radius 2 is 1.31 bits per heavy atom. The minimum absolute atomic E-state index is 0.0276. The molecule has 16 heteroatoms. The zero-order valence-corrected chi connectivity index (χ0v) is 40.7. The zero-order chi connectivity index (χ0) is 47.6. The maximum Gasteiger partial charge on any atom is 0.330 e. The third-order valence-corrected chi connectivity index (χ3v) is 17.4. The fraction of sp³-hybridized carbons (Fsp3) is 0.878. The number of rotatable bonds is 13. The van der Waals surface area contributed by atoms with Crippen molar-refractivity contribution < 1.29 is 77.4 Å². The van der Waals surface area contributed by atoms with Gasteiger partial charge in [0.2, 0.25) is 0 Å². The summed E-state index contributed by atoms with van der Waals surface area (Å²) in [5, 5.41) is 48.3. The average molecular weight is 923 g/mol. The summed E-state index contributed by atoms with van der Waals surface area (Å²) in [5.41, 5.74) is -6.04. The van der Waals surface area contributed by atoms with Crippen LogP contribution in [0.15, 0.2) is 23.3 Å². The van der Waals surface area contributed by atoms with Gasteiger partial charge in [0.05, 0.1) is 48.1 Å². The number of hydrogen-bond donors (Lipinski definition) is 4. The van der Waals surface area contributed by atoms with Gasteiger partial charge in [0.15, 0.2) is 24.7 Å². The third kappa shape index (κ3) is 8.75. The predicted molar refractivity (Wildman–Crippen MR) is 234 cm³/mol. The summed E-state index contributed by atoms with van der Waals surface area (Å²) in [5.74, 6) is -1.59. The van der Waals surface area contributed by atoms with Gasteiger partial charge in [-0.05, 0) is 97.8 Å². The van der Waals surface area contributed by atoms with E-state index in [-0.39, 0.29) is 49.9 Å². The van der Waals surface area contributed by atoms with E-state index in [1.54, 1.807) is 35.2 Å². The van der Waals surface area contributed by atoms with Crippen molar-refractivity contribution in [2.75, 3.05) is 21.3 Å². The van der Waals surface area contributed by atoms with Gasteiger partial charge in [0.25, 0.3) is 0 Å². The van der Waals surface area contributed by atoms with Crippen LogP contribution in [0, 0.1) is 22.7 Å². The van der Waals surface area contributed by atoms with E-state index in [1.807, 2.05) is 40.7 Å². The molecule has 7 rings (SSSR count). The first-order valence-corrected chi connectivity index (χ1v) is 24.0. The maximum absolute atomic E-state index is 13.5. The molecule has 0 aromatic heterocycles. The topological polar surface area (TPSA) is 207 Å². The smallest absolute Gasteiger partial charge is 0.330 e. The van der Waals surface area contributed by atoms with Crippen LogP contribution in [-0.2, 0) is 57.0 Å². The Morgan fingerprint density at radius 3 is 1.85 bits per heavy atom. The Morgan fingerprint density at radius 1 is 0.769 bits per heavy atom. The molecule has 0 amide bonds. The first-order chi connectivity index (χ1) is 30.5. The van der Waals surface area contributed by atoms with E-state index in [9.17, 15) is 30.0 Å². The fourth-order valence-corrected chi connectivity index (χ4v) is 12.9. The Kier molecular flexibility index (Phi) is 15.0. The number of fused-ring (bicyclic) bond motifs is 5. The Hall–Kier alpha value is -1.90. The van der Waals surface area contributed by atoms with E-state index >= 15 is 0 Å². The van der Waals surface area contributed by atoms with Crippen LogP contribution in [0.4, 0.5) is 0 Å². The number of aliphatic hydroxyl groups is 4. The van der Waals surface area contributed by atoms with Crippen LogP contribution in [0.3, 0.4) is 0 Å². The second-order valence-corrected chi connectivity index (χ2v) is 21.0. The lowest BCUT2D eigenvalue weighted by atomic mass is 9.42. The number of ether oxygens (including phenoxy) is 10. The number of ketones is 1. The molecule has 6 fully saturated rings. The molecule has 0 spiro atoms. The van der Waals surface area contributed by atoms with E-state index < -0.39 is 113 Å². The molecule has 3 saturated carbocycles. The first-order valence-electron chi connectivity index (χ1n) is 24.0. The van der Waals surface area contributed by atoms with Crippen molar-refractivity contribution in [2.45, 2.75) is 229 Å². The Labute approximate surface area is 384 Å². The number of hydrogen-bond acceptors (Lipinski definition) is 16. The van der Waals surface area contributed by atoms with Crippen LogP contribution in [0.2, 0.25) is 0 Å². The highest BCUT2D eigenvalue weighted by Gasteiger charge is 2.81. The monoisotopic (exact) mass is 923 g/mol. The highest BCUT2D eigenvalue weighted by molar-refractivity contribution is 5.87. The van der Waals surface area contributed by atoms with Crippen molar-refractivity contribution in [3.05, 3.63) is 23.3 Å². The first kappa shape index (κ1) is 51.0. The minimum Gasteiger partial charge on any atom is -0.458 e. The van der Waals surface area contributed by atoms with Crippen molar-refractivity contribution in [3.8, 4) is 0 Å². The second kappa shape index (κ2) is 19.1. The molecule has 0 radical (unpaired) electrons. The van der Waals surface area contributed by atoms with Crippen LogP contribution in [0.5, 0.6) is 0 Å². The van der Waals surface area contributed by atoms with Gasteiger partial charge in [-0.2, -0.15) is 0 Å². The number of Topliss-reactive ketones (excluding diaryl/α,β-unsaturated/α-hetero) is 1. The molecule has 0 bridgehead atoms. The summed E-state index contributed by atoms with van der Waals surface area (Å²) in [7, 11) is 4.84. The SMILES string of the molecule is CO[C@H]1C[C@@H](O[C@@H]2[C@H](C)O[C@@H](O[C@@H]3[C@H](C)O[C@@H](O[C@H]4CC[C@@]5(C)C(=CC[C@@]6(O)[C@H]5C[C@@H](OC(=O)/C=C(\C)C(C)C)[C@@]5(C)[C@]6(O)CC[C@@]5(O)C(C)=O)C4)C[C@@H]3OC)C[C@@H]2OC)O[C@H](C)[C@@H]1O. The maximum atomic E-state index is 13.5. The minimum atomic E-state index is -2.02. The van der Waals surface area contributed by atoms with Crippen LogP contribution in [0.1, 0.15) is 127 Å². The van der Waals surface area contributed by atoms with Gasteiger partial charge in [-0.3, -0.25) is 4.79 Å². The Balaban J connectivity index is 1.01. The van der Waals surface area contributed by atoms with Crippen molar-refractivity contribution >= 4 is 11.8 Å². The van der Waals surface area contributed by atoms with Gasteiger partial charge >= 0.3 is 5.97 Å². The van der Waals surface area contributed by atoms with E-state index in [1.165, 1.54) is 13.0 Å². The molecule has 20 atom stereocenters. The lowest BCUT2D eigenvalue weighted by molar-refractivity contribution is -0.338. The van der Waals surface area contributed by atoms with Gasteiger partial charge in [0, 0.05) is 52.6 Å². The molecule has 65 heavy (non-hydrogen) atoms. The molecule has 3 aliphatic heterocycles. The lowest BCUT2D eigenvalue weighted by Crippen LogP contribution is -2.78. The summed E-state index contributed by atoms with van der Waals surface area (Å²) in [6, 6.07) is 0. The number of carbonyl (C=O) groups excluding carboxylic acids is 2. The van der Waals surface area contributed by atoms with Crippen LogP contribution >= 0.6 is 0 Å². The van der Waals surface area contributed by atoms with Crippen LogP contribution in [0.25, 0.3) is 0 Å². The second-order valence-electron chi connectivity index (χ2n) is 21.0. The molecule has 4 aliphatic carbocycles. The lowest BCUT2D eigenvalue weighted by Gasteiger charge is -2.67. The van der Waals surface area contributed by atoms with Gasteiger partial charge in [-0.25, -0.2) is 4.79 Å². The van der Waals surface area contributed by atoms with Gasteiger partial charge in [-0.15, -0.1) is 0 Å². The summed E-state index contributed by atoms with van der Waals surface area (Å²) in [6.07, 6.45) is -0.620. The van der Waals surface area contributed by atoms with Gasteiger partial charge in [-0.1, -0.05) is 38.0 Å². The van der Waals surface area contributed by atoms with Crippen LogP contribution in [-0.4, -0.2) is 156 Å². The molecule has 370 valence electrons. The van der Waals surface area contributed by atoms with Crippen molar-refractivity contribution in [1.82, 2.24) is 0 Å². The highest BCUT2D eigenvalue weighted by Crippen LogP contribution is 2.71. The van der Waals surface area contributed by atoms with E-state index in [2.05, 4.69) is 6.92 Å². The summed E-state index contributed by atoms with van der Waals surface area (Å²) < 4.78 is 62.1. The van der Waals surface area contributed by atoms with E-state index in [0.717, 1.165) is 11.1 Å². The molecule has 3 saturated heterocycles. The summed E-state index contributed by atoms with van der Waals surface area (Å²) in [4.78, 5) is 26.8. The molecular formula is C49H78O16. The molecule has 3 heterocycles. The average Bonchev–Trinajstić information content (AvgIpc) is 3.48. The van der Waals surface area contributed by atoms with Crippen molar-refractivity contribution in [1.29, 1.82) is 0 Å². The number of carbonyl (C=O) groups is 2.